The largest absolute Gasteiger partial charge is 0.228 e. The fourth-order valence-electron chi connectivity index (χ4n) is 9.44. The molecule has 0 unspecified atom stereocenters. The number of fused-ring (bicyclic) bond motifs is 7. The van der Waals surface area contributed by atoms with Gasteiger partial charge in [-0.3, -0.25) is 0 Å². The quantitative estimate of drug-likeness (QED) is 0.168. The first kappa shape index (κ1) is 32.6. The van der Waals surface area contributed by atoms with Gasteiger partial charge in [-0.05, 0) is 93.0 Å². The fraction of sp³-hybridized carbons (Fsp3) is 0. The van der Waals surface area contributed by atoms with Crippen LogP contribution >= 0.6 is 0 Å². The summed E-state index contributed by atoms with van der Waals surface area (Å²) in [5.74, 6) is 0.722. The van der Waals surface area contributed by atoms with Gasteiger partial charge in [-0.1, -0.05) is 200 Å². The summed E-state index contributed by atoms with van der Waals surface area (Å²) in [6, 6.07) is 74.8. The van der Waals surface area contributed by atoms with Gasteiger partial charge in [0.15, 0.2) is 5.82 Å². The molecule has 2 heteroatoms. The highest BCUT2D eigenvalue weighted by molar-refractivity contribution is 6.34. The summed E-state index contributed by atoms with van der Waals surface area (Å²) >= 11 is 0. The molecule has 58 heavy (non-hydrogen) atoms. The highest BCUT2D eigenvalue weighted by Gasteiger charge is 2.18. The summed E-state index contributed by atoms with van der Waals surface area (Å²) in [6.45, 7) is 0. The molecule has 1 aromatic heterocycles. The Morgan fingerprint density at radius 1 is 0.241 bits per heavy atom. The van der Waals surface area contributed by atoms with Gasteiger partial charge >= 0.3 is 0 Å². The van der Waals surface area contributed by atoms with Crippen LogP contribution in [0.2, 0.25) is 0 Å². The number of rotatable bonds is 4. The Hall–Kier alpha value is -7.68. The van der Waals surface area contributed by atoms with Crippen molar-refractivity contribution in [3.63, 3.8) is 0 Å². The minimum atomic E-state index is 0.722. The highest BCUT2D eigenvalue weighted by Crippen LogP contribution is 2.45. The molecular weight excluding hydrogens is 701 g/mol. The van der Waals surface area contributed by atoms with E-state index in [9.17, 15) is 0 Å². The Labute approximate surface area is 335 Å². The smallest absolute Gasteiger partial charge is 0.160 e. The third kappa shape index (κ3) is 4.99. The molecule has 0 atom stereocenters. The van der Waals surface area contributed by atoms with Crippen molar-refractivity contribution in [2.75, 3.05) is 0 Å². The molecule has 0 aliphatic carbocycles. The van der Waals surface area contributed by atoms with Gasteiger partial charge in [-0.25, -0.2) is 9.97 Å². The molecule has 0 bridgehead atoms. The maximum atomic E-state index is 5.13. The minimum Gasteiger partial charge on any atom is -0.228 e. The Morgan fingerprint density at radius 2 is 0.741 bits per heavy atom. The van der Waals surface area contributed by atoms with Gasteiger partial charge < -0.3 is 0 Å². The van der Waals surface area contributed by atoms with Crippen molar-refractivity contribution in [3.05, 3.63) is 206 Å². The molecule has 12 rings (SSSR count). The van der Waals surface area contributed by atoms with Crippen molar-refractivity contribution >= 4 is 75.5 Å². The molecule has 0 aliphatic heterocycles. The maximum Gasteiger partial charge on any atom is 0.160 e. The number of hydrogen-bond acceptors (Lipinski definition) is 2. The second-order valence-corrected chi connectivity index (χ2v) is 15.2. The standard InChI is InChI=1S/C56H34N2/c1-2-13-38(14-3-1)55-50-21-8-9-26-51(50)57-56(58-55)39-31-27-35(28-32-39)40-33-34-44(42-18-5-4-17-41(40)42)47-24-12-25-49-48-23-11-16-37-30-29-36-15-10-22-45(52(36)53(37)48)43-19-6-7-20-46(43)54(47)49/h1-34H. The van der Waals surface area contributed by atoms with Gasteiger partial charge in [0.25, 0.3) is 0 Å². The molecule has 0 saturated carbocycles. The van der Waals surface area contributed by atoms with Crippen LogP contribution in [0.3, 0.4) is 0 Å². The van der Waals surface area contributed by atoms with Crippen molar-refractivity contribution in [1.82, 2.24) is 9.97 Å². The molecule has 0 N–H and O–H groups in total. The van der Waals surface area contributed by atoms with E-state index < -0.39 is 0 Å². The third-order valence-electron chi connectivity index (χ3n) is 12.0. The van der Waals surface area contributed by atoms with Gasteiger partial charge in [0.05, 0.1) is 11.2 Å². The molecule has 11 aromatic carbocycles. The van der Waals surface area contributed by atoms with E-state index in [-0.39, 0.29) is 0 Å². The summed E-state index contributed by atoms with van der Waals surface area (Å²) in [5, 5.41) is 16.2. The maximum absolute atomic E-state index is 5.13. The number of hydrogen-bond donors (Lipinski definition) is 0. The fourth-order valence-corrected chi connectivity index (χ4v) is 9.44. The SMILES string of the molecule is c1ccc(-c2nc(-c3ccc(-c4ccc(-c5cccc6c7cccc8ccc9cccc(c%10ccccc%10c56)c9c87)c5ccccc45)cc3)nc3ccccc23)cc1. The third-order valence-corrected chi connectivity index (χ3v) is 12.0. The highest BCUT2D eigenvalue weighted by atomic mass is 14.9. The lowest BCUT2D eigenvalue weighted by molar-refractivity contribution is 1.23. The Bertz CT molecular complexity index is 3610. The van der Waals surface area contributed by atoms with Gasteiger partial charge in [0.1, 0.15) is 0 Å². The number of nitrogens with zero attached hydrogens (tertiary/aromatic N) is 2. The zero-order valence-electron chi connectivity index (χ0n) is 31.5. The molecule has 12 aromatic rings. The lowest BCUT2D eigenvalue weighted by Gasteiger charge is -2.17. The molecule has 2 nitrogen and oxygen atoms in total. The summed E-state index contributed by atoms with van der Waals surface area (Å²) in [5.41, 5.74) is 8.75. The van der Waals surface area contributed by atoms with Crippen molar-refractivity contribution in [2.45, 2.75) is 0 Å². The molecule has 1 heterocycles. The van der Waals surface area contributed by atoms with Crippen molar-refractivity contribution in [2.24, 2.45) is 0 Å². The van der Waals surface area contributed by atoms with Crippen molar-refractivity contribution < 1.29 is 0 Å². The zero-order valence-corrected chi connectivity index (χ0v) is 31.5. The predicted molar refractivity (Wildman–Crippen MR) is 246 cm³/mol. The van der Waals surface area contributed by atoms with Crippen LogP contribution in [-0.2, 0) is 0 Å². The van der Waals surface area contributed by atoms with Gasteiger partial charge in [0, 0.05) is 16.5 Å². The van der Waals surface area contributed by atoms with Gasteiger partial charge in [-0.2, -0.15) is 0 Å². The van der Waals surface area contributed by atoms with E-state index in [1.807, 2.05) is 12.1 Å². The second kappa shape index (κ2) is 12.9. The van der Waals surface area contributed by atoms with Crippen LogP contribution in [-0.4, -0.2) is 9.97 Å². The van der Waals surface area contributed by atoms with E-state index in [1.54, 1.807) is 0 Å². The molecule has 0 fully saturated rings. The average Bonchev–Trinajstić information content (AvgIpc) is 3.30. The molecule has 0 saturated heterocycles. The van der Waals surface area contributed by atoms with Crippen LogP contribution in [0.4, 0.5) is 0 Å². The van der Waals surface area contributed by atoms with Gasteiger partial charge in [0.2, 0.25) is 0 Å². The van der Waals surface area contributed by atoms with Crippen LogP contribution in [0, 0.1) is 0 Å². The summed E-state index contributed by atoms with van der Waals surface area (Å²) < 4.78 is 0. The molecule has 0 radical (unpaired) electrons. The first-order chi connectivity index (χ1) is 28.8. The number of aromatic nitrogens is 2. The summed E-state index contributed by atoms with van der Waals surface area (Å²) in [7, 11) is 0. The minimum absolute atomic E-state index is 0.722. The first-order valence-electron chi connectivity index (χ1n) is 19.9. The number of para-hydroxylation sites is 1. The summed E-state index contributed by atoms with van der Waals surface area (Å²) in [6.07, 6.45) is 0. The van der Waals surface area contributed by atoms with Crippen LogP contribution in [0.15, 0.2) is 206 Å². The van der Waals surface area contributed by atoms with Crippen molar-refractivity contribution in [1.29, 1.82) is 0 Å². The Morgan fingerprint density at radius 3 is 1.47 bits per heavy atom. The molecule has 0 spiro atoms. The van der Waals surface area contributed by atoms with Crippen LogP contribution < -0.4 is 0 Å². The van der Waals surface area contributed by atoms with E-state index in [2.05, 4.69) is 194 Å². The van der Waals surface area contributed by atoms with E-state index >= 15 is 0 Å². The predicted octanol–water partition coefficient (Wildman–Crippen LogP) is 15.2. The Balaban J connectivity index is 1.06. The first-order valence-corrected chi connectivity index (χ1v) is 19.9. The lowest BCUT2D eigenvalue weighted by Crippen LogP contribution is -1.95. The summed E-state index contributed by atoms with van der Waals surface area (Å²) in [4.78, 5) is 10.1. The average molecular weight is 735 g/mol. The van der Waals surface area contributed by atoms with Crippen LogP contribution in [0.5, 0.6) is 0 Å². The zero-order chi connectivity index (χ0) is 38.2. The van der Waals surface area contributed by atoms with E-state index in [4.69, 9.17) is 9.97 Å². The molecular formula is C56H34N2. The molecule has 0 aliphatic rings. The Kier molecular flexibility index (Phi) is 7.26. The topological polar surface area (TPSA) is 25.8 Å². The lowest BCUT2D eigenvalue weighted by atomic mass is 9.86. The number of benzene rings is 10. The second-order valence-electron chi connectivity index (χ2n) is 15.2. The van der Waals surface area contributed by atoms with Crippen LogP contribution in [0.1, 0.15) is 0 Å². The molecule has 268 valence electrons. The van der Waals surface area contributed by atoms with Gasteiger partial charge in [-0.15, -0.1) is 0 Å². The van der Waals surface area contributed by atoms with E-state index in [0.717, 1.165) is 39.1 Å². The van der Waals surface area contributed by atoms with Crippen molar-refractivity contribution in [3.8, 4) is 44.9 Å². The normalized spacial score (nSPS) is 11.8. The van der Waals surface area contributed by atoms with E-state index in [1.165, 1.54) is 81.3 Å². The monoisotopic (exact) mass is 734 g/mol. The van der Waals surface area contributed by atoms with E-state index in [0.29, 0.717) is 0 Å². The molecule has 0 amide bonds. The van der Waals surface area contributed by atoms with Crippen LogP contribution in [0.25, 0.3) is 120 Å².